The molecule has 0 amide bonds. The lowest BCUT2D eigenvalue weighted by molar-refractivity contribution is 0.310. The van der Waals surface area contributed by atoms with Crippen LogP contribution in [0.15, 0.2) is 0 Å². The maximum atomic E-state index is 4.94. The number of thiocarbonyl (C=S) groups is 1. The van der Waals surface area contributed by atoms with Gasteiger partial charge >= 0.3 is 0 Å². The quantitative estimate of drug-likeness (QED) is 0.407. The van der Waals surface area contributed by atoms with Crippen LogP contribution >= 0.6 is 24.8 Å². The van der Waals surface area contributed by atoms with Gasteiger partial charge in [0, 0.05) is 0 Å². The second-order valence-electron chi connectivity index (χ2n) is 1.82. The van der Waals surface area contributed by atoms with Crippen molar-refractivity contribution in [2.45, 2.75) is 26.2 Å². The Morgan fingerprint density at radius 1 is 1.50 bits per heavy atom. The highest BCUT2D eigenvalue weighted by Crippen LogP contribution is 1.95. The van der Waals surface area contributed by atoms with Gasteiger partial charge in [0.05, 0.1) is 6.61 Å². The molecular weight excluding hydrogens is 168 g/mol. The van der Waals surface area contributed by atoms with E-state index < -0.39 is 0 Å². The first-order valence-corrected chi connectivity index (χ1v) is 3.98. The second kappa shape index (κ2) is 9.20. The molecule has 0 heterocycles. The highest BCUT2D eigenvalue weighted by molar-refractivity contribution is 8.10. The van der Waals surface area contributed by atoms with E-state index >= 15 is 0 Å². The predicted octanol–water partition coefficient (Wildman–Crippen LogP) is 1.58. The van der Waals surface area contributed by atoms with Crippen molar-refractivity contribution in [1.82, 2.24) is 0 Å². The molecule has 0 bridgehead atoms. The molecule has 0 atom stereocenters. The summed E-state index contributed by atoms with van der Waals surface area (Å²) in [5, 5.41) is 0. The maximum absolute atomic E-state index is 4.94. The van der Waals surface area contributed by atoms with Crippen molar-refractivity contribution in [3.8, 4) is 0 Å². The Balaban J connectivity index is 0. The monoisotopic (exact) mass is 182 g/mol. The first kappa shape index (κ1) is 12.8. The van der Waals surface area contributed by atoms with E-state index in [1.54, 1.807) is 0 Å². The molecule has 2 nitrogen and oxygen atoms in total. The van der Waals surface area contributed by atoms with Crippen molar-refractivity contribution >= 4 is 29.2 Å². The van der Waals surface area contributed by atoms with Gasteiger partial charge < -0.3 is 10.2 Å². The van der Waals surface area contributed by atoms with Gasteiger partial charge in [-0.3, -0.25) is 0 Å². The number of hydrogen-bond donors (Lipinski definition) is 1. The van der Waals surface area contributed by atoms with Gasteiger partial charge in [-0.05, 0) is 18.6 Å². The topological polar surface area (TPSA) is 40.7 Å². The van der Waals surface area contributed by atoms with Crippen LogP contribution in [0.4, 0.5) is 0 Å². The first-order valence-electron chi connectivity index (χ1n) is 3.13. The van der Waals surface area contributed by atoms with E-state index in [1.165, 1.54) is 12.8 Å². The van der Waals surface area contributed by atoms with Crippen molar-refractivity contribution in [1.29, 1.82) is 0 Å². The lowest BCUT2D eigenvalue weighted by Gasteiger charge is -1.99. The minimum absolute atomic E-state index is 0. The van der Waals surface area contributed by atoms with Gasteiger partial charge in [0.25, 0.3) is 0 Å². The Morgan fingerprint density at radius 3 is 2.50 bits per heavy atom. The molecule has 62 valence electrons. The van der Waals surface area contributed by atoms with E-state index in [-0.39, 0.29) is 5.48 Å². The van der Waals surface area contributed by atoms with Crippen LogP contribution in [0.3, 0.4) is 0 Å². The number of rotatable bonds is 4. The number of ether oxygens (including phenoxy) is 1. The van der Waals surface area contributed by atoms with Crippen LogP contribution in [-0.4, -0.2) is 16.5 Å². The molecule has 0 saturated heterocycles. The maximum Gasteiger partial charge on any atom is 0.216 e. The Labute approximate surface area is 72.7 Å². The third-order valence-electron chi connectivity index (χ3n) is 0.973. The van der Waals surface area contributed by atoms with Gasteiger partial charge in [0.1, 0.15) is 0 Å². The Bertz CT molecular complexity index is 85.8. The minimum Gasteiger partial charge on any atom is -0.479 e. The average Bonchev–Trinajstić information content (AvgIpc) is 1.80. The summed E-state index contributed by atoms with van der Waals surface area (Å²) >= 11 is 8.40. The minimum atomic E-state index is 0. The van der Waals surface area contributed by atoms with Crippen LogP contribution in [-0.2, 0) is 4.74 Å². The fraction of sp³-hybridized carbons (Fsp3) is 0.833. The summed E-state index contributed by atoms with van der Waals surface area (Å²) in [4.78, 5) is 0. The molecule has 10 heavy (non-hydrogen) atoms. The molecule has 0 fully saturated rings. The molecule has 4 heteroatoms. The predicted molar refractivity (Wildman–Crippen MR) is 50.7 cm³/mol. The molecule has 0 saturated carbocycles. The van der Waals surface area contributed by atoms with Gasteiger partial charge in [-0.2, -0.15) is 0 Å². The summed E-state index contributed by atoms with van der Waals surface area (Å²) in [5.41, 5.74) is 0. The number of unbranched alkanes of at least 4 members (excludes halogenated alkanes) is 2. The van der Waals surface area contributed by atoms with Gasteiger partial charge in [0.15, 0.2) is 0 Å². The van der Waals surface area contributed by atoms with E-state index in [1.807, 2.05) is 0 Å². The van der Waals surface area contributed by atoms with Crippen LogP contribution in [0.25, 0.3) is 0 Å². The van der Waals surface area contributed by atoms with Crippen LogP contribution in [0, 0.1) is 0 Å². The standard InChI is InChI=1S/C6H12OS2.H2O/c1-2-3-4-5-7-6(8)9;/h2-5H2,1H3,(H,8,9);1H2. The van der Waals surface area contributed by atoms with E-state index in [2.05, 4.69) is 31.8 Å². The van der Waals surface area contributed by atoms with Crippen LogP contribution in [0.1, 0.15) is 26.2 Å². The summed E-state index contributed by atoms with van der Waals surface area (Å²) in [6.07, 6.45) is 3.50. The zero-order valence-corrected chi connectivity index (χ0v) is 7.80. The van der Waals surface area contributed by atoms with Gasteiger partial charge in [0.2, 0.25) is 4.38 Å². The van der Waals surface area contributed by atoms with Gasteiger partial charge in [-0.1, -0.05) is 32.4 Å². The first-order chi connectivity index (χ1) is 4.27. The highest BCUT2D eigenvalue weighted by atomic mass is 32.1. The van der Waals surface area contributed by atoms with Gasteiger partial charge in [-0.25, -0.2) is 0 Å². The molecule has 0 unspecified atom stereocenters. The molecule has 0 aromatic heterocycles. The van der Waals surface area contributed by atoms with Gasteiger partial charge in [-0.15, -0.1) is 0 Å². The van der Waals surface area contributed by atoms with E-state index in [0.29, 0.717) is 4.38 Å². The summed E-state index contributed by atoms with van der Waals surface area (Å²) in [5.74, 6) is 0. The van der Waals surface area contributed by atoms with Crippen LogP contribution in [0.2, 0.25) is 0 Å². The SMILES string of the molecule is CCCCCOC(=S)S.O. The summed E-state index contributed by atoms with van der Waals surface area (Å²) in [6.45, 7) is 2.87. The zero-order valence-electron chi connectivity index (χ0n) is 6.09. The third-order valence-corrected chi connectivity index (χ3v) is 1.22. The Hall–Kier alpha value is 0.200. The van der Waals surface area contributed by atoms with Crippen molar-refractivity contribution in [2.75, 3.05) is 6.61 Å². The van der Waals surface area contributed by atoms with Crippen molar-refractivity contribution in [2.24, 2.45) is 0 Å². The third kappa shape index (κ3) is 11.1. The van der Waals surface area contributed by atoms with Crippen molar-refractivity contribution in [3.05, 3.63) is 0 Å². The fourth-order valence-electron chi connectivity index (χ4n) is 0.512. The normalized spacial score (nSPS) is 8.20. The van der Waals surface area contributed by atoms with Crippen molar-refractivity contribution < 1.29 is 10.2 Å². The van der Waals surface area contributed by atoms with Crippen LogP contribution < -0.4 is 0 Å². The van der Waals surface area contributed by atoms with E-state index in [4.69, 9.17) is 4.74 Å². The lowest BCUT2D eigenvalue weighted by Crippen LogP contribution is -1.95. The van der Waals surface area contributed by atoms with Crippen molar-refractivity contribution in [3.63, 3.8) is 0 Å². The molecule has 2 N–H and O–H groups in total. The smallest absolute Gasteiger partial charge is 0.216 e. The Kier molecular flexibility index (Phi) is 11.8. The Morgan fingerprint density at radius 2 is 2.10 bits per heavy atom. The van der Waals surface area contributed by atoms with E-state index in [0.717, 1.165) is 13.0 Å². The highest BCUT2D eigenvalue weighted by Gasteiger charge is 1.87. The molecule has 0 aliphatic heterocycles. The summed E-state index contributed by atoms with van der Waals surface area (Å²) in [6, 6.07) is 0. The molecule has 0 spiro atoms. The molecule has 0 rings (SSSR count). The van der Waals surface area contributed by atoms with Crippen LogP contribution in [0.5, 0.6) is 0 Å². The lowest BCUT2D eigenvalue weighted by atomic mass is 10.3. The fourth-order valence-corrected chi connectivity index (χ4v) is 0.686. The molecular formula is C6H14O2S2. The summed E-state index contributed by atoms with van der Waals surface area (Å²) in [7, 11) is 0. The largest absolute Gasteiger partial charge is 0.479 e. The molecule has 0 radical (unpaired) electrons. The van der Waals surface area contributed by atoms with E-state index in [9.17, 15) is 0 Å². The molecule has 0 aliphatic carbocycles. The second-order valence-corrected chi connectivity index (χ2v) is 2.90. The average molecular weight is 182 g/mol. The molecule has 0 aliphatic rings. The summed E-state index contributed by atoms with van der Waals surface area (Å²) < 4.78 is 5.29. The zero-order chi connectivity index (χ0) is 7.11. The molecule has 0 aromatic carbocycles. The molecule has 0 aromatic rings. The number of hydrogen-bond acceptors (Lipinski definition) is 2. The number of thiol groups is 1.